The second-order valence-electron chi connectivity index (χ2n) is 4.81. The van der Waals surface area contributed by atoms with Gasteiger partial charge in [0, 0.05) is 5.56 Å². The molecule has 0 aliphatic carbocycles. The molecule has 0 saturated carbocycles. The highest BCUT2D eigenvalue weighted by molar-refractivity contribution is 5.35. The fourth-order valence-corrected chi connectivity index (χ4v) is 2.24. The molecule has 2 aromatic rings. The Balaban J connectivity index is 2.56. The average molecular weight is 297 g/mol. The summed E-state index contributed by atoms with van der Waals surface area (Å²) in [7, 11) is 0. The zero-order chi connectivity index (χ0) is 15.6. The lowest BCUT2D eigenvalue weighted by Crippen LogP contribution is -2.23. The Morgan fingerprint density at radius 1 is 0.952 bits per heavy atom. The molecule has 0 aliphatic heterocycles. The average Bonchev–Trinajstić information content (AvgIpc) is 2.44. The fraction of sp³-hybridized carbons (Fsp3) is 0.250. The van der Waals surface area contributed by atoms with Crippen LogP contribution in [-0.4, -0.2) is 6.54 Å². The molecule has 0 heterocycles. The molecule has 1 unspecified atom stereocenters. The van der Waals surface area contributed by atoms with Crippen molar-refractivity contribution in [2.45, 2.75) is 19.9 Å². The number of rotatable bonds is 4. The first kappa shape index (κ1) is 15.5. The summed E-state index contributed by atoms with van der Waals surface area (Å²) in [6.07, 6.45) is 0. The maximum Gasteiger partial charge on any atom is 0.194 e. The van der Waals surface area contributed by atoms with E-state index in [1.165, 1.54) is 6.07 Å². The molecule has 0 fully saturated rings. The van der Waals surface area contributed by atoms with E-state index in [9.17, 15) is 17.6 Å². The van der Waals surface area contributed by atoms with Crippen LogP contribution in [0.1, 0.15) is 29.7 Å². The van der Waals surface area contributed by atoms with Gasteiger partial charge in [-0.15, -0.1) is 0 Å². The summed E-state index contributed by atoms with van der Waals surface area (Å²) in [6.45, 7) is 4.04. The predicted molar refractivity (Wildman–Crippen MR) is 73.0 cm³/mol. The van der Waals surface area contributed by atoms with Crippen LogP contribution in [0.5, 0.6) is 0 Å². The summed E-state index contributed by atoms with van der Waals surface area (Å²) in [6, 6.07) is 5.52. The van der Waals surface area contributed by atoms with Gasteiger partial charge < -0.3 is 5.32 Å². The van der Waals surface area contributed by atoms with Gasteiger partial charge in [-0.3, -0.25) is 0 Å². The third-order valence-corrected chi connectivity index (χ3v) is 3.21. The Hall–Kier alpha value is -1.88. The lowest BCUT2D eigenvalue weighted by Gasteiger charge is -2.20. The summed E-state index contributed by atoms with van der Waals surface area (Å²) >= 11 is 0. The van der Waals surface area contributed by atoms with Crippen LogP contribution < -0.4 is 5.32 Å². The van der Waals surface area contributed by atoms with Gasteiger partial charge in [-0.1, -0.05) is 24.6 Å². The molecule has 0 amide bonds. The minimum atomic E-state index is -1.53. The molecule has 1 nitrogen and oxygen atoms in total. The normalized spacial score (nSPS) is 12.5. The topological polar surface area (TPSA) is 12.0 Å². The van der Waals surface area contributed by atoms with Gasteiger partial charge in [-0.2, -0.15) is 0 Å². The number of hydrogen-bond acceptors (Lipinski definition) is 1. The molecule has 0 spiro atoms. The highest BCUT2D eigenvalue weighted by Gasteiger charge is 2.21. The third kappa shape index (κ3) is 3.24. The van der Waals surface area contributed by atoms with Gasteiger partial charge >= 0.3 is 0 Å². The molecule has 0 bridgehead atoms. The number of aryl methyl sites for hydroxylation is 1. The van der Waals surface area contributed by atoms with Gasteiger partial charge in [0.2, 0.25) is 0 Å². The van der Waals surface area contributed by atoms with Gasteiger partial charge in [0.05, 0.1) is 6.04 Å². The Bertz CT molecular complexity index is 632. The highest BCUT2D eigenvalue weighted by Crippen LogP contribution is 2.27. The highest BCUT2D eigenvalue weighted by atomic mass is 19.2. The fourth-order valence-electron chi connectivity index (χ4n) is 2.24. The molecular weight excluding hydrogens is 282 g/mol. The van der Waals surface area contributed by atoms with Crippen molar-refractivity contribution in [3.05, 3.63) is 70.3 Å². The minimum Gasteiger partial charge on any atom is -0.306 e. The van der Waals surface area contributed by atoms with E-state index in [1.54, 1.807) is 26.0 Å². The first-order valence-corrected chi connectivity index (χ1v) is 6.58. The first-order valence-electron chi connectivity index (χ1n) is 6.58. The Morgan fingerprint density at radius 2 is 1.57 bits per heavy atom. The van der Waals surface area contributed by atoms with E-state index < -0.39 is 29.3 Å². The van der Waals surface area contributed by atoms with Crippen LogP contribution in [-0.2, 0) is 0 Å². The van der Waals surface area contributed by atoms with Crippen molar-refractivity contribution in [2.24, 2.45) is 0 Å². The Labute approximate surface area is 120 Å². The Morgan fingerprint density at radius 3 is 2.14 bits per heavy atom. The molecule has 2 rings (SSSR count). The first-order chi connectivity index (χ1) is 9.93. The lowest BCUT2D eigenvalue weighted by atomic mass is 9.96. The van der Waals surface area contributed by atoms with E-state index in [0.717, 1.165) is 17.7 Å². The second kappa shape index (κ2) is 6.26. The summed E-state index contributed by atoms with van der Waals surface area (Å²) in [5, 5.41) is 2.96. The molecule has 21 heavy (non-hydrogen) atoms. The predicted octanol–water partition coefficient (Wildman–Crippen LogP) is 4.25. The van der Waals surface area contributed by atoms with Crippen LogP contribution in [0.3, 0.4) is 0 Å². The molecule has 5 heteroatoms. The van der Waals surface area contributed by atoms with Crippen LogP contribution in [0.2, 0.25) is 0 Å². The van der Waals surface area contributed by atoms with Crippen LogP contribution in [0, 0.1) is 30.2 Å². The number of nitrogens with one attached hydrogen (secondary N) is 1. The summed E-state index contributed by atoms with van der Waals surface area (Å²) in [5.41, 5.74) is 1.22. The monoisotopic (exact) mass is 297 g/mol. The van der Waals surface area contributed by atoms with Gasteiger partial charge in [-0.25, -0.2) is 17.6 Å². The minimum absolute atomic E-state index is 0.137. The molecule has 0 aromatic heterocycles. The zero-order valence-corrected chi connectivity index (χ0v) is 11.7. The van der Waals surface area contributed by atoms with E-state index >= 15 is 0 Å². The van der Waals surface area contributed by atoms with Crippen molar-refractivity contribution >= 4 is 0 Å². The standard InChI is InChI=1S/C16H15F4N/c1-3-21-16(11-6-9(2)4-5-12(11)17)10-7-13(18)15(20)14(19)8-10/h4-8,16,21H,3H2,1-2H3. The number of benzene rings is 2. The van der Waals surface area contributed by atoms with E-state index in [1.807, 2.05) is 0 Å². The van der Waals surface area contributed by atoms with Crippen molar-refractivity contribution in [3.63, 3.8) is 0 Å². The van der Waals surface area contributed by atoms with E-state index in [-0.39, 0.29) is 11.1 Å². The largest absolute Gasteiger partial charge is 0.306 e. The molecule has 2 aromatic carbocycles. The maximum atomic E-state index is 14.0. The summed E-state index contributed by atoms with van der Waals surface area (Å²) in [5.74, 6) is -4.60. The van der Waals surface area contributed by atoms with Crippen molar-refractivity contribution in [1.82, 2.24) is 5.32 Å². The van der Waals surface area contributed by atoms with Crippen LogP contribution in [0.15, 0.2) is 30.3 Å². The maximum absolute atomic E-state index is 14.0. The van der Waals surface area contributed by atoms with E-state index in [4.69, 9.17) is 0 Å². The molecule has 0 radical (unpaired) electrons. The van der Waals surface area contributed by atoms with Crippen molar-refractivity contribution < 1.29 is 17.6 Å². The van der Waals surface area contributed by atoms with E-state index in [0.29, 0.717) is 6.54 Å². The number of hydrogen-bond donors (Lipinski definition) is 1. The van der Waals surface area contributed by atoms with Gasteiger partial charge in [-0.05, 0) is 37.2 Å². The van der Waals surface area contributed by atoms with Gasteiger partial charge in [0.15, 0.2) is 17.5 Å². The third-order valence-electron chi connectivity index (χ3n) is 3.21. The van der Waals surface area contributed by atoms with Crippen molar-refractivity contribution in [2.75, 3.05) is 6.54 Å². The second-order valence-corrected chi connectivity index (χ2v) is 4.81. The zero-order valence-electron chi connectivity index (χ0n) is 11.7. The van der Waals surface area contributed by atoms with Gasteiger partial charge in [0.25, 0.3) is 0 Å². The summed E-state index contributed by atoms with van der Waals surface area (Å²) in [4.78, 5) is 0. The SMILES string of the molecule is CCNC(c1cc(F)c(F)c(F)c1)c1cc(C)ccc1F. The smallest absolute Gasteiger partial charge is 0.194 e. The Kier molecular flexibility index (Phi) is 4.63. The molecule has 112 valence electrons. The lowest BCUT2D eigenvalue weighted by molar-refractivity contribution is 0.442. The number of halogens is 4. The molecule has 1 N–H and O–H groups in total. The molecule has 1 atom stereocenters. The van der Waals surface area contributed by atoms with E-state index in [2.05, 4.69) is 5.32 Å². The van der Waals surface area contributed by atoms with Crippen molar-refractivity contribution in [3.8, 4) is 0 Å². The quantitative estimate of drug-likeness (QED) is 0.657. The van der Waals surface area contributed by atoms with Gasteiger partial charge in [0.1, 0.15) is 5.82 Å². The molecular formula is C16H15F4N. The van der Waals surface area contributed by atoms with Crippen LogP contribution in [0.25, 0.3) is 0 Å². The van der Waals surface area contributed by atoms with Crippen LogP contribution in [0.4, 0.5) is 17.6 Å². The molecule has 0 aliphatic rings. The van der Waals surface area contributed by atoms with Crippen LogP contribution >= 0.6 is 0 Å². The van der Waals surface area contributed by atoms with Crippen molar-refractivity contribution in [1.29, 1.82) is 0 Å². The molecule has 0 saturated heterocycles. The summed E-state index contributed by atoms with van der Waals surface area (Å²) < 4.78 is 53.9.